The number of amides is 1. The highest BCUT2D eigenvalue weighted by molar-refractivity contribution is 6.22. The van der Waals surface area contributed by atoms with Gasteiger partial charge < -0.3 is 10.6 Å². The van der Waals surface area contributed by atoms with E-state index in [1.807, 2.05) is 18.2 Å². The maximum absolute atomic E-state index is 11.8. The molecule has 4 nitrogen and oxygen atoms in total. The molecule has 0 spiro atoms. The molecule has 0 saturated carbocycles. The number of rotatable bonds is 2. The fraction of sp³-hybridized carbons (Fsp3) is 0.286. The quantitative estimate of drug-likeness (QED) is 0.521. The van der Waals surface area contributed by atoms with Crippen molar-refractivity contribution in [2.75, 3.05) is 12.3 Å². The van der Waals surface area contributed by atoms with E-state index in [0.717, 1.165) is 22.8 Å². The number of likely N-dealkylation sites (tertiary alicyclic amines) is 1. The highest BCUT2D eigenvalue weighted by atomic mass is 35.5. The lowest BCUT2D eigenvalue weighted by atomic mass is 10.1. The largest absolute Gasteiger partial charge is 0.398 e. The minimum atomic E-state index is -0.500. The topological polar surface area (TPSA) is 59.2 Å². The lowest BCUT2D eigenvalue weighted by Gasteiger charge is -2.24. The lowest BCUT2D eigenvalue weighted by molar-refractivity contribution is -0.128. The second kappa shape index (κ2) is 4.70. The first-order chi connectivity index (χ1) is 9.16. The number of nitrogens with two attached hydrogens (primary N) is 1. The molecule has 1 atom stereocenters. The minimum absolute atomic E-state index is 0.0886. The molecule has 5 heteroatoms. The zero-order chi connectivity index (χ0) is 13.4. The monoisotopic (exact) mass is 275 g/mol. The number of hydrogen-bond donors (Lipinski definition) is 1. The normalized spacial score (nSPS) is 17.1. The van der Waals surface area contributed by atoms with Crippen molar-refractivity contribution >= 4 is 34.0 Å². The number of benzene rings is 1. The number of carbonyl (C=O) groups excluding carboxylic acids is 1. The second-order valence-corrected chi connectivity index (χ2v) is 5.14. The van der Waals surface area contributed by atoms with Gasteiger partial charge in [0.1, 0.15) is 5.50 Å². The van der Waals surface area contributed by atoms with Gasteiger partial charge in [0.2, 0.25) is 5.91 Å². The van der Waals surface area contributed by atoms with Crippen LogP contribution in [0.25, 0.3) is 10.8 Å². The van der Waals surface area contributed by atoms with Crippen molar-refractivity contribution in [3.8, 4) is 0 Å². The molecule has 0 bridgehead atoms. The molecule has 1 amide bonds. The van der Waals surface area contributed by atoms with Gasteiger partial charge in [-0.3, -0.25) is 9.78 Å². The van der Waals surface area contributed by atoms with Crippen LogP contribution in [-0.4, -0.2) is 22.3 Å². The van der Waals surface area contributed by atoms with Crippen LogP contribution < -0.4 is 5.73 Å². The molecule has 2 heterocycles. The number of alkyl halides is 1. The first-order valence-electron chi connectivity index (χ1n) is 6.23. The van der Waals surface area contributed by atoms with Gasteiger partial charge in [-0.15, -0.1) is 0 Å². The fourth-order valence-corrected chi connectivity index (χ4v) is 2.85. The molecule has 1 saturated heterocycles. The molecule has 1 unspecified atom stereocenters. The van der Waals surface area contributed by atoms with E-state index in [-0.39, 0.29) is 5.91 Å². The van der Waals surface area contributed by atoms with Crippen molar-refractivity contribution in [3.05, 3.63) is 36.2 Å². The summed E-state index contributed by atoms with van der Waals surface area (Å²) in [7, 11) is 0. The first kappa shape index (κ1) is 12.2. The van der Waals surface area contributed by atoms with Crippen molar-refractivity contribution in [3.63, 3.8) is 0 Å². The molecule has 98 valence electrons. The summed E-state index contributed by atoms with van der Waals surface area (Å²) in [5, 5.41) is 2.00. The molecular formula is C14H14ClN3O. The van der Waals surface area contributed by atoms with Crippen molar-refractivity contribution < 1.29 is 4.79 Å². The summed E-state index contributed by atoms with van der Waals surface area (Å²) in [5.74, 6) is 0.0886. The highest BCUT2D eigenvalue weighted by Crippen LogP contribution is 2.34. The Kier molecular flexibility index (Phi) is 3.03. The lowest BCUT2D eigenvalue weighted by Crippen LogP contribution is -2.27. The third-order valence-electron chi connectivity index (χ3n) is 3.48. The molecule has 1 aliphatic rings. The summed E-state index contributed by atoms with van der Waals surface area (Å²) in [6, 6.07) is 5.70. The van der Waals surface area contributed by atoms with E-state index < -0.39 is 5.50 Å². The first-order valence-corrected chi connectivity index (χ1v) is 6.67. The van der Waals surface area contributed by atoms with Gasteiger partial charge in [0.15, 0.2) is 0 Å². The van der Waals surface area contributed by atoms with Gasteiger partial charge in [-0.2, -0.15) is 0 Å². The van der Waals surface area contributed by atoms with E-state index >= 15 is 0 Å². The maximum atomic E-state index is 11.8. The van der Waals surface area contributed by atoms with E-state index in [9.17, 15) is 4.79 Å². The summed E-state index contributed by atoms with van der Waals surface area (Å²) >= 11 is 6.42. The van der Waals surface area contributed by atoms with Crippen molar-refractivity contribution in [2.24, 2.45) is 0 Å². The Morgan fingerprint density at radius 2 is 2.21 bits per heavy atom. The number of aromatic nitrogens is 1. The van der Waals surface area contributed by atoms with Gasteiger partial charge in [-0.05, 0) is 30.0 Å². The van der Waals surface area contributed by atoms with E-state index in [1.54, 1.807) is 17.3 Å². The zero-order valence-electron chi connectivity index (χ0n) is 10.3. The van der Waals surface area contributed by atoms with Crippen LogP contribution in [0.3, 0.4) is 0 Å². The highest BCUT2D eigenvalue weighted by Gasteiger charge is 2.28. The summed E-state index contributed by atoms with van der Waals surface area (Å²) in [6.45, 7) is 0.692. The van der Waals surface area contributed by atoms with E-state index in [0.29, 0.717) is 18.7 Å². The van der Waals surface area contributed by atoms with Crippen LogP contribution in [0.2, 0.25) is 0 Å². The molecule has 1 aliphatic heterocycles. The Morgan fingerprint density at radius 3 is 2.95 bits per heavy atom. The van der Waals surface area contributed by atoms with E-state index in [1.165, 1.54) is 0 Å². The summed E-state index contributed by atoms with van der Waals surface area (Å²) in [4.78, 5) is 17.5. The Labute approximate surface area is 116 Å². The number of anilines is 1. The number of fused-ring (bicyclic) bond motifs is 1. The number of pyridine rings is 1. The Morgan fingerprint density at radius 1 is 1.37 bits per heavy atom. The van der Waals surface area contributed by atoms with E-state index in [4.69, 9.17) is 17.3 Å². The van der Waals surface area contributed by atoms with Crippen LogP contribution in [-0.2, 0) is 4.79 Å². The molecule has 2 aromatic rings. The Bertz CT molecular complexity index is 644. The Hall–Kier alpha value is -1.81. The molecule has 1 aromatic heterocycles. The van der Waals surface area contributed by atoms with Gasteiger partial charge in [0.25, 0.3) is 0 Å². The maximum Gasteiger partial charge on any atom is 0.224 e. The third kappa shape index (κ3) is 2.12. The average molecular weight is 276 g/mol. The predicted molar refractivity (Wildman–Crippen MR) is 75.7 cm³/mol. The molecule has 1 fully saturated rings. The van der Waals surface area contributed by atoms with Crippen LogP contribution >= 0.6 is 11.6 Å². The van der Waals surface area contributed by atoms with Crippen LogP contribution in [0.4, 0.5) is 5.69 Å². The van der Waals surface area contributed by atoms with Crippen molar-refractivity contribution in [1.29, 1.82) is 0 Å². The summed E-state index contributed by atoms with van der Waals surface area (Å²) < 4.78 is 0. The molecule has 2 N–H and O–H groups in total. The molecule has 0 aliphatic carbocycles. The molecule has 0 radical (unpaired) electrons. The van der Waals surface area contributed by atoms with Gasteiger partial charge in [-0.1, -0.05) is 11.6 Å². The van der Waals surface area contributed by atoms with Crippen molar-refractivity contribution in [2.45, 2.75) is 18.3 Å². The van der Waals surface area contributed by atoms with Gasteiger partial charge in [0, 0.05) is 42.0 Å². The number of hydrogen-bond acceptors (Lipinski definition) is 3. The van der Waals surface area contributed by atoms with Crippen LogP contribution in [0.5, 0.6) is 0 Å². The summed E-state index contributed by atoms with van der Waals surface area (Å²) in [6.07, 6.45) is 4.92. The minimum Gasteiger partial charge on any atom is -0.398 e. The average Bonchev–Trinajstić information content (AvgIpc) is 2.83. The smallest absolute Gasteiger partial charge is 0.224 e. The van der Waals surface area contributed by atoms with Crippen LogP contribution in [0, 0.1) is 0 Å². The van der Waals surface area contributed by atoms with Crippen molar-refractivity contribution in [1.82, 2.24) is 9.88 Å². The summed E-state index contributed by atoms with van der Waals surface area (Å²) in [5.41, 5.74) is 6.94. The number of nitrogens with zero attached hydrogens (tertiary/aromatic N) is 2. The molecular weight excluding hydrogens is 262 g/mol. The van der Waals surface area contributed by atoms with Gasteiger partial charge in [0.05, 0.1) is 0 Å². The van der Waals surface area contributed by atoms with Crippen LogP contribution in [0.15, 0.2) is 30.6 Å². The van der Waals surface area contributed by atoms with Gasteiger partial charge >= 0.3 is 0 Å². The third-order valence-corrected chi connectivity index (χ3v) is 3.95. The number of halogens is 1. The zero-order valence-corrected chi connectivity index (χ0v) is 11.1. The predicted octanol–water partition coefficient (Wildman–Crippen LogP) is 2.68. The van der Waals surface area contributed by atoms with Crippen LogP contribution in [0.1, 0.15) is 23.9 Å². The molecule has 19 heavy (non-hydrogen) atoms. The number of carbonyl (C=O) groups is 1. The fourth-order valence-electron chi connectivity index (χ4n) is 2.45. The molecule has 1 aromatic carbocycles. The standard InChI is InChI=1S/C14H14ClN3O/c15-14(18-5-1-2-13(18)19)11-6-10-8-17-4-3-9(10)7-12(11)16/h3-4,6-8,14H,1-2,5,16H2. The second-order valence-electron chi connectivity index (χ2n) is 4.73. The SMILES string of the molecule is Nc1cc2ccncc2cc1C(Cl)N1CCCC1=O. The van der Waals surface area contributed by atoms with Gasteiger partial charge in [-0.25, -0.2) is 0 Å². The van der Waals surface area contributed by atoms with E-state index in [2.05, 4.69) is 4.98 Å². The molecule has 3 rings (SSSR count). The number of nitrogen functional groups attached to an aromatic ring is 1. The Balaban J connectivity index is 2.04.